The van der Waals surface area contributed by atoms with Crippen LogP contribution in [0.5, 0.6) is 0 Å². The Morgan fingerprint density at radius 1 is 1.43 bits per heavy atom. The molecular formula is C13H16BrN3O3S. The molecule has 0 radical (unpaired) electrons. The zero-order valence-electron chi connectivity index (χ0n) is 11.3. The van der Waals surface area contributed by atoms with Crippen LogP contribution in [-0.2, 0) is 4.79 Å². The highest BCUT2D eigenvalue weighted by Gasteiger charge is 2.43. The summed E-state index contributed by atoms with van der Waals surface area (Å²) in [6.45, 7) is 0. The molecule has 2 aliphatic rings. The number of fused-ring (bicyclic) bond motifs is 2. The average molecular weight is 374 g/mol. The largest absolute Gasteiger partial charge is 0.481 e. The predicted molar refractivity (Wildman–Crippen MR) is 82.5 cm³/mol. The number of carboxylic acids is 1. The molecule has 0 aliphatic carbocycles. The molecule has 2 unspecified atom stereocenters. The third kappa shape index (κ3) is 3.21. The SMILES string of the molecule is O=C(O)CC1CC2CCC(C1)N2C(=O)Nc1ncc(Br)s1. The van der Waals surface area contributed by atoms with E-state index in [-0.39, 0.29) is 30.5 Å². The predicted octanol–water partition coefficient (Wildman–Crippen LogP) is 3.16. The number of amides is 2. The van der Waals surface area contributed by atoms with E-state index in [4.69, 9.17) is 5.11 Å². The number of carbonyl (C=O) groups excluding carboxylic acids is 1. The van der Waals surface area contributed by atoms with Crippen LogP contribution in [0, 0.1) is 5.92 Å². The van der Waals surface area contributed by atoms with Crippen molar-refractivity contribution >= 4 is 44.4 Å². The first-order valence-corrected chi connectivity index (χ1v) is 8.56. The van der Waals surface area contributed by atoms with Gasteiger partial charge in [0.25, 0.3) is 0 Å². The van der Waals surface area contributed by atoms with Gasteiger partial charge in [0.2, 0.25) is 0 Å². The van der Waals surface area contributed by atoms with E-state index in [0.717, 1.165) is 29.5 Å². The van der Waals surface area contributed by atoms with E-state index < -0.39 is 5.97 Å². The van der Waals surface area contributed by atoms with Crippen molar-refractivity contribution in [3.05, 3.63) is 9.98 Å². The third-order valence-electron chi connectivity index (χ3n) is 4.22. The number of hydrogen-bond donors (Lipinski definition) is 2. The summed E-state index contributed by atoms with van der Waals surface area (Å²) >= 11 is 4.70. The van der Waals surface area contributed by atoms with Gasteiger partial charge in [-0.05, 0) is 47.5 Å². The molecule has 21 heavy (non-hydrogen) atoms. The summed E-state index contributed by atoms with van der Waals surface area (Å²) in [6, 6.07) is 0.214. The third-order valence-corrected chi connectivity index (χ3v) is 5.61. The fourth-order valence-corrected chi connectivity index (χ4v) is 4.60. The minimum atomic E-state index is -0.745. The van der Waals surface area contributed by atoms with Crippen molar-refractivity contribution in [1.29, 1.82) is 0 Å². The summed E-state index contributed by atoms with van der Waals surface area (Å²) in [5.74, 6) is -0.553. The summed E-state index contributed by atoms with van der Waals surface area (Å²) < 4.78 is 0.876. The summed E-state index contributed by atoms with van der Waals surface area (Å²) in [6.07, 6.45) is 5.39. The molecule has 2 amide bonds. The number of carboxylic acid groups (broad SMARTS) is 1. The van der Waals surface area contributed by atoms with Gasteiger partial charge >= 0.3 is 12.0 Å². The van der Waals surface area contributed by atoms with Crippen molar-refractivity contribution in [2.75, 3.05) is 5.32 Å². The second-order valence-electron chi connectivity index (χ2n) is 5.63. The number of anilines is 1. The van der Waals surface area contributed by atoms with E-state index in [1.807, 2.05) is 4.90 Å². The number of halogens is 1. The molecule has 0 spiro atoms. The van der Waals surface area contributed by atoms with Gasteiger partial charge in [0, 0.05) is 18.5 Å². The molecule has 6 nitrogen and oxygen atoms in total. The fraction of sp³-hybridized carbons (Fsp3) is 0.615. The fourth-order valence-electron chi connectivity index (χ4n) is 3.50. The molecule has 114 valence electrons. The van der Waals surface area contributed by atoms with Crippen molar-refractivity contribution in [2.24, 2.45) is 5.92 Å². The zero-order valence-corrected chi connectivity index (χ0v) is 13.7. The molecule has 0 saturated carbocycles. The smallest absolute Gasteiger partial charge is 0.324 e. The second-order valence-corrected chi connectivity index (χ2v) is 8.04. The van der Waals surface area contributed by atoms with Crippen molar-refractivity contribution in [2.45, 2.75) is 44.2 Å². The monoisotopic (exact) mass is 373 g/mol. The lowest BCUT2D eigenvalue weighted by Crippen LogP contribution is -2.48. The van der Waals surface area contributed by atoms with Gasteiger partial charge in [-0.3, -0.25) is 10.1 Å². The van der Waals surface area contributed by atoms with Crippen LogP contribution >= 0.6 is 27.3 Å². The summed E-state index contributed by atoms with van der Waals surface area (Å²) in [4.78, 5) is 29.3. The topological polar surface area (TPSA) is 82.5 Å². The van der Waals surface area contributed by atoms with Crippen LogP contribution in [0.15, 0.2) is 9.98 Å². The van der Waals surface area contributed by atoms with Gasteiger partial charge in [0.15, 0.2) is 5.13 Å². The van der Waals surface area contributed by atoms with Gasteiger partial charge < -0.3 is 10.0 Å². The number of nitrogens with zero attached hydrogens (tertiary/aromatic N) is 2. The number of urea groups is 1. The number of aliphatic carboxylic acids is 1. The highest BCUT2D eigenvalue weighted by Crippen LogP contribution is 2.40. The van der Waals surface area contributed by atoms with Gasteiger partial charge in [0.05, 0.1) is 9.98 Å². The van der Waals surface area contributed by atoms with Gasteiger partial charge in [0.1, 0.15) is 0 Å². The Morgan fingerprint density at radius 3 is 2.62 bits per heavy atom. The Balaban J connectivity index is 1.64. The molecule has 2 fully saturated rings. The van der Waals surface area contributed by atoms with Crippen molar-refractivity contribution in [3.63, 3.8) is 0 Å². The number of carbonyl (C=O) groups is 2. The maximum absolute atomic E-state index is 12.4. The number of piperidine rings is 1. The quantitative estimate of drug-likeness (QED) is 0.852. The molecule has 3 heterocycles. The van der Waals surface area contributed by atoms with Crippen LogP contribution in [0.3, 0.4) is 0 Å². The maximum Gasteiger partial charge on any atom is 0.324 e. The van der Waals surface area contributed by atoms with Crippen LogP contribution in [0.1, 0.15) is 32.1 Å². The van der Waals surface area contributed by atoms with Crippen molar-refractivity contribution in [1.82, 2.24) is 9.88 Å². The Labute approximate surface area is 134 Å². The molecule has 1 aromatic rings. The van der Waals surface area contributed by atoms with E-state index in [9.17, 15) is 9.59 Å². The number of nitrogens with one attached hydrogen (secondary N) is 1. The van der Waals surface area contributed by atoms with Crippen LogP contribution < -0.4 is 5.32 Å². The lowest BCUT2D eigenvalue weighted by atomic mass is 9.88. The molecule has 2 saturated heterocycles. The number of thiazole rings is 1. The van der Waals surface area contributed by atoms with E-state index in [1.54, 1.807) is 6.20 Å². The minimum absolute atomic E-state index is 0.113. The summed E-state index contributed by atoms with van der Waals surface area (Å²) in [5.41, 5.74) is 0. The first-order valence-electron chi connectivity index (χ1n) is 6.95. The number of aromatic nitrogens is 1. The first-order chi connectivity index (χ1) is 10.0. The standard InChI is InChI=1S/C13H16BrN3O3S/c14-10-6-15-12(21-10)16-13(20)17-8-1-2-9(17)4-7(3-8)5-11(18)19/h6-9H,1-5H2,(H,18,19)(H,15,16,20). The average Bonchev–Trinajstić information content (AvgIpc) is 2.91. The molecule has 0 aromatic carbocycles. The molecule has 2 N–H and O–H groups in total. The van der Waals surface area contributed by atoms with E-state index in [2.05, 4.69) is 26.2 Å². The van der Waals surface area contributed by atoms with Crippen molar-refractivity contribution < 1.29 is 14.7 Å². The van der Waals surface area contributed by atoms with E-state index >= 15 is 0 Å². The van der Waals surface area contributed by atoms with Gasteiger partial charge in [-0.1, -0.05) is 11.3 Å². The van der Waals surface area contributed by atoms with E-state index in [1.165, 1.54) is 11.3 Å². The minimum Gasteiger partial charge on any atom is -0.481 e. The Kier molecular flexibility index (Phi) is 4.17. The molecule has 2 aliphatic heterocycles. The molecule has 3 rings (SSSR count). The maximum atomic E-state index is 12.4. The lowest BCUT2D eigenvalue weighted by Gasteiger charge is -2.38. The summed E-state index contributed by atoms with van der Waals surface area (Å²) in [7, 11) is 0. The lowest BCUT2D eigenvalue weighted by molar-refractivity contribution is -0.138. The highest BCUT2D eigenvalue weighted by atomic mass is 79.9. The normalized spacial score (nSPS) is 27.7. The molecule has 8 heteroatoms. The van der Waals surface area contributed by atoms with Gasteiger partial charge in [-0.15, -0.1) is 0 Å². The second kappa shape index (κ2) is 5.92. The van der Waals surface area contributed by atoms with Crippen LogP contribution in [0.4, 0.5) is 9.93 Å². The Bertz CT molecular complexity index is 551. The van der Waals surface area contributed by atoms with Crippen LogP contribution in [0.2, 0.25) is 0 Å². The van der Waals surface area contributed by atoms with E-state index in [0.29, 0.717) is 5.13 Å². The molecule has 2 bridgehead atoms. The summed E-state index contributed by atoms with van der Waals surface area (Å²) in [5, 5.41) is 12.3. The Hall–Kier alpha value is -1.15. The number of rotatable bonds is 3. The van der Waals surface area contributed by atoms with Gasteiger partial charge in [-0.25, -0.2) is 9.78 Å². The van der Waals surface area contributed by atoms with Crippen molar-refractivity contribution in [3.8, 4) is 0 Å². The first kappa shape index (κ1) is 14.8. The molecule has 1 aromatic heterocycles. The van der Waals surface area contributed by atoms with Crippen LogP contribution in [0.25, 0.3) is 0 Å². The Morgan fingerprint density at radius 2 is 2.10 bits per heavy atom. The molecular weight excluding hydrogens is 358 g/mol. The zero-order chi connectivity index (χ0) is 15.0. The molecule has 2 atom stereocenters. The van der Waals surface area contributed by atoms with Gasteiger partial charge in [-0.2, -0.15) is 0 Å². The highest BCUT2D eigenvalue weighted by molar-refractivity contribution is 9.11. The van der Waals surface area contributed by atoms with Crippen LogP contribution in [-0.4, -0.2) is 39.1 Å². The number of hydrogen-bond acceptors (Lipinski definition) is 4.